The molecule has 1 heterocycles. The first-order valence-electron chi connectivity index (χ1n) is 8.91. The number of nitrogens with zero attached hydrogens (tertiary/aromatic N) is 1. The van der Waals surface area contributed by atoms with Crippen molar-refractivity contribution >= 4 is 23.6 Å². The van der Waals surface area contributed by atoms with Crippen molar-refractivity contribution in [3.63, 3.8) is 0 Å². The number of hydrogen-bond acceptors (Lipinski definition) is 6. The molecule has 0 aromatic rings. The maximum absolute atomic E-state index is 11.7. The molecule has 0 aliphatic carbocycles. The minimum absolute atomic E-state index is 0.0719. The number of ether oxygens (including phenoxy) is 1. The third-order valence-corrected chi connectivity index (χ3v) is 3.48. The number of rotatable bonds is 10. The highest BCUT2D eigenvalue weighted by Crippen LogP contribution is 2.18. The summed E-state index contributed by atoms with van der Waals surface area (Å²) in [7, 11) is 3.75. The molecule has 1 aliphatic rings. The minimum atomic E-state index is -0.294. The second-order valence-corrected chi connectivity index (χ2v) is 5.89. The Kier molecular flexibility index (Phi) is 13.1. The number of nitrogens with one attached hydrogen (secondary N) is 3. The number of hydrogen-bond donors (Lipinski definition) is 3. The first kappa shape index (κ1) is 24.0. The van der Waals surface area contributed by atoms with Crippen LogP contribution in [-0.2, 0) is 23.9 Å². The summed E-state index contributed by atoms with van der Waals surface area (Å²) in [4.78, 5) is 47.4. The van der Waals surface area contributed by atoms with Crippen molar-refractivity contribution in [2.24, 2.45) is 5.92 Å². The highest BCUT2D eigenvalue weighted by atomic mass is 16.5. The van der Waals surface area contributed by atoms with Gasteiger partial charge in [0, 0.05) is 51.4 Å². The third-order valence-electron chi connectivity index (χ3n) is 3.48. The Hall–Kier alpha value is -2.00. The number of carbonyl (C=O) groups excluding carboxylic acids is 4. The van der Waals surface area contributed by atoms with E-state index >= 15 is 0 Å². The average molecular weight is 372 g/mol. The summed E-state index contributed by atoms with van der Waals surface area (Å²) in [6.07, 6.45) is 0.579. The minimum Gasteiger partial charge on any atom is -0.381 e. The Balaban J connectivity index is 0.00000194. The normalized spacial score (nSPS) is 16.2. The van der Waals surface area contributed by atoms with Gasteiger partial charge < -0.3 is 20.7 Å². The van der Waals surface area contributed by atoms with Crippen molar-refractivity contribution in [2.75, 3.05) is 46.9 Å². The number of amides is 4. The smallest absolute Gasteiger partial charge is 0.232 e. The largest absolute Gasteiger partial charge is 0.381 e. The lowest BCUT2D eigenvalue weighted by Gasteiger charge is -2.14. The van der Waals surface area contributed by atoms with Crippen LogP contribution in [0.5, 0.6) is 0 Å². The molecule has 9 nitrogen and oxygen atoms in total. The number of carbonyl (C=O) groups is 4. The van der Waals surface area contributed by atoms with Gasteiger partial charge >= 0.3 is 0 Å². The lowest BCUT2D eigenvalue weighted by molar-refractivity contribution is -0.139. The Bertz CT molecular complexity index is 470. The van der Waals surface area contributed by atoms with Gasteiger partial charge in [-0.3, -0.25) is 24.1 Å². The van der Waals surface area contributed by atoms with Crippen LogP contribution in [0, 0.1) is 5.92 Å². The SMILES string of the molecule is CCOCCC(=O)NCCNC(=O)CCN1C(=O)CC(C)C1=O.CNC. The van der Waals surface area contributed by atoms with E-state index < -0.39 is 0 Å². The van der Waals surface area contributed by atoms with Crippen LogP contribution < -0.4 is 16.0 Å². The fourth-order valence-electron chi connectivity index (χ4n) is 2.19. The lowest BCUT2D eigenvalue weighted by atomic mass is 10.1. The van der Waals surface area contributed by atoms with Crippen LogP contribution in [0.2, 0.25) is 0 Å². The van der Waals surface area contributed by atoms with Gasteiger partial charge in [0.05, 0.1) is 6.61 Å². The molecule has 1 aliphatic heterocycles. The quantitative estimate of drug-likeness (QED) is 0.344. The van der Waals surface area contributed by atoms with Gasteiger partial charge in [0.1, 0.15) is 0 Å². The molecule has 0 aromatic heterocycles. The number of imide groups is 1. The number of likely N-dealkylation sites (tertiary alicyclic amines) is 1. The molecule has 0 bridgehead atoms. The van der Waals surface area contributed by atoms with Gasteiger partial charge in [-0.2, -0.15) is 0 Å². The van der Waals surface area contributed by atoms with E-state index in [1.165, 1.54) is 0 Å². The molecule has 1 rings (SSSR count). The first-order chi connectivity index (χ1) is 12.4. The summed E-state index contributed by atoms with van der Waals surface area (Å²) in [5, 5.41) is 8.05. The van der Waals surface area contributed by atoms with Gasteiger partial charge in [-0.15, -0.1) is 0 Å². The van der Waals surface area contributed by atoms with Gasteiger partial charge in [0.25, 0.3) is 0 Å². The maximum Gasteiger partial charge on any atom is 0.232 e. The van der Waals surface area contributed by atoms with E-state index in [0.29, 0.717) is 32.7 Å². The van der Waals surface area contributed by atoms with Gasteiger partial charge in [0.2, 0.25) is 23.6 Å². The van der Waals surface area contributed by atoms with Crippen molar-refractivity contribution < 1.29 is 23.9 Å². The van der Waals surface area contributed by atoms with Crippen molar-refractivity contribution in [3.05, 3.63) is 0 Å². The van der Waals surface area contributed by atoms with E-state index in [1.807, 2.05) is 21.0 Å². The monoisotopic (exact) mass is 372 g/mol. The molecular weight excluding hydrogens is 340 g/mol. The predicted octanol–water partition coefficient (Wildman–Crippen LogP) is -0.734. The molecule has 0 saturated carbocycles. The zero-order valence-electron chi connectivity index (χ0n) is 16.2. The molecule has 4 amide bonds. The van der Waals surface area contributed by atoms with Crippen LogP contribution in [0.4, 0.5) is 0 Å². The zero-order valence-corrected chi connectivity index (χ0v) is 16.2. The summed E-state index contributed by atoms with van der Waals surface area (Å²) < 4.78 is 5.06. The average Bonchev–Trinajstić information content (AvgIpc) is 2.83. The van der Waals surface area contributed by atoms with E-state index in [2.05, 4.69) is 16.0 Å². The van der Waals surface area contributed by atoms with Crippen LogP contribution in [0.1, 0.15) is 33.1 Å². The molecule has 3 N–H and O–H groups in total. The highest BCUT2D eigenvalue weighted by Gasteiger charge is 2.35. The lowest BCUT2D eigenvalue weighted by Crippen LogP contribution is -2.38. The van der Waals surface area contributed by atoms with E-state index in [0.717, 1.165) is 4.90 Å². The molecule has 26 heavy (non-hydrogen) atoms. The fourth-order valence-corrected chi connectivity index (χ4v) is 2.19. The van der Waals surface area contributed by atoms with Gasteiger partial charge in [-0.05, 0) is 21.0 Å². The third kappa shape index (κ3) is 10.1. The fraction of sp³-hybridized carbons (Fsp3) is 0.765. The second kappa shape index (κ2) is 14.2. The molecule has 1 saturated heterocycles. The Morgan fingerprint density at radius 3 is 2.12 bits per heavy atom. The van der Waals surface area contributed by atoms with Crippen LogP contribution in [-0.4, -0.2) is 75.5 Å². The maximum atomic E-state index is 11.7. The molecule has 1 atom stereocenters. The van der Waals surface area contributed by atoms with E-state index in [4.69, 9.17) is 4.74 Å². The highest BCUT2D eigenvalue weighted by molar-refractivity contribution is 6.03. The van der Waals surface area contributed by atoms with E-state index in [-0.39, 0.29) is 48.9 Å². The van der Waals surface area contributed by atoms with Crippen LogP contribution in [0.15, 0.2) is 0 Å². The molecule has 1 unspecified atom stereocenters. The molecule has 1 fully saturated rings. The van der Waals surface area contributed by atoms with Gasteiger partial charge in [-0.25, -0.2) is 0 Å². The van der Waals surface area contributed by atoms with Crippen LogP contribution in [0.25, 0.3) is 0 Å². The molecular formula is C17H32N4O5. The Morgan fingerprint density at radius 2 is 1.65 bits per heavy atom. The van der Waals surface area contributed by atoms with Crippen molar-refractivity contribution in [3.8, 4) is 0 Å². The van der Waals surface area contributed by atoms with Gasteiger partial charge in [-0.1, -0.05) is 6.92 Å². The van der Waals surface area contributed by atoms with E-state index in [9.17, 15) is 19.2 Å². The Morgan fingerprint density at radius 1 is 1.12 bits per heavy atom. The molecule has 150 valence electrons. The van der Waals surface area contributed by atoms with Crippen molar-refractivity contribution in [1.82, 2.24) is 20.9 Å². The Labute approximate surface area is 155 Å². The predicted molar refractivity (Wildman–Crippen MR) is 97.2 cm³/mol. The van der Waals surface area contributed by atoms with E-state index in [1.54, 1.807) is 6.92 Å². The molecule has 0 aromatic carbocycles. The summed E-state index contributed by atoms with van der Waals surface area (Å²) >= 11 is 0. The summed E-state index contributed by atoms with van der Waals surface area (Å²) in [6.45, 7) is 5.25. The van der Waals surface area contributed by atoms with Crippen molar-refractivity contribution in [2.45, 2.75) is 33.1 Å². The van der Waals surface area contributed by atoms with Crippen molar-refractivity contribution in [1.29, 1.82) is 0 Å². The van der Waals surface area contributed by atoms with Crippen LogP contribution >= 0.6 is 0 Å². The van der Waals surface area contributed by atoms with Crippen LogP contribution in [0.3, 0.4) is 0 Å². The summed E-state index contributed by atoms with van der Waals surface area (Å²) in [6, 6.07) is 0. The zero-order chi connectivity index (χ0) is 19.9. The first-order valence-corrected chi connectivity index (χ1v) is 8.91. The molecule has 0 radical (unpaired) electrons. The van der Waals surface area contributed by atoms with Gasteiger partial charge in [0.15, 0.2) is 0 Å². The topological polar surface area (TPSA) is 117 Å². The second-order valence-electron chi connectivity index (χ2n) is 5.89. The molecule has 9 heteroatoms. The summed E-state index contributed by atoms with van der Waals surface area (Å²) in [5.74, 6) is -1.12. The molecule has 0 spiro atoms. The summed E-state index contributed by atoms with van der Waals surface area (Å²) in [5.41, 5.74) is 0. The standard InChI is InChI=1S/C15H25N3O5.C2H7N/c1-3-23-9-5-13(20)17-7-6-16-12(19)4-8-18-14(21)10-11(2)15(18)22;1-3-2/h11H,3-10H2,1-2H3,(H,16,19)(H,17,20);3H,1-2H3.